The smallest absolute Gasteiger partial charge is 0.0109 e. The van der Waals surface area contributed by atoms with E-state index in [1.807, 2.05) is 0 Å². The highest BCUT2D eigenvalue weighted by Crippen LogP contribution is 2.60. The van der Waals surface area contributed by atoms with Crippen LogP contribution in [0.2, 0.25) is 0 Å². The molecule has 0 bridgehead atoms. The molecule has 0 aromatic rings. The molecule has 2 rings (SSSR count). The fraction of sp³-hybridized carbons (Fsp3) is 1.00. The van der Waals surface area contributed by atoms with Crippen LogP contribution in [0.5, 0.6) is 0 Å². The molecule has 0 saturated heterocycles. The lowest BCUT2D eigenvalue weighted by atomic mass is 9.99. The Kier molecular flexibility index (Phi) is 2.61. The summed E-state index contributed by atoms with van der Waals surface area (Å²) in [6.07, 6.45) is 7.00. The predicted octanol–water partition coefficient (Wildman–Crippen LogP) is 1.89. The summed E-state index contributed by atoms with van der Waals surface area (Å²) in [5, 5.41) is 3.59. The Bertz CT molecular complexity index is 197. The molecular weight excluding hydrogens is 172 g/mol. The third-order valence-electron chi connectivity index (χ3n) is 3.76. The van der Waals surface area contributed by atoms with E-state index < -0.39 is 0 Å². The molecule has 2 nitrogen and oxygen atoms in total. The standard InChI is InChI=1S/C12H24N2/c1-11(2,13)7-8-14-9-12(5-6-12)10-3-4-10/h10,14H,3-9,13H2,1-2H3. The molecule has 0 aromatic carbocycles. The van der Waals surface area contributed by atoms with Gasteiger partial charge in [0, 0.05) is 12.1 Å². The number of nitrogens with two attached hydrogens (primary N) is 1. The third kappa shape index (κ3) is 2.71. The van der Waals surface area contributed by atoms with Crippen LogP contribution in [0.25, 0.3) is 0 Å². The van der Waals surface area contributed by atoms with Crippen LogP contribution in [0, 0.1) is 11.3 Å². The van der Waals surface area contributed by atoms with Gasteiger partial charge in [-0.05, 0) is 63.8 Å². The van der Waals surface area contributed by atoms with Gasteiger partial charge in [0.1, 0.15) is 0 Å². The van der Waals surface area contributed by atoms with Gasteiger partial charge >= 0.3 is 0 Å². The SMILES string of the molecule is CC(C)(N)CCNCC1(C2CC2)CC1. The number of hydrogen-bond acceptors (Lipinski definition) is 2. The maximum Gasteiger partial charge on any atom is 0.0109 e. The van der Waals surface area contributed by atoms with Crippen LogP contribution in [0.15, 0.2) is 0 Å². The molecule has 0 aromatic heterocycles. The van der Waals surface area contributed by atoms with E-state index >= 15 is 0 Å². The maximum absolute atomic E-state index is 5.93. The molecule has 82 valence electrons. The van der Waals surface area contributed by atoms with Crippen molar-refractivity contribution in [3.05, 3.63) is 0 Å². The second-order valence-corrected chi connectivity index (χ2v) is 6.05. The van der Waals surface area contributed by atoms with E-state index in [9.17, 15) is 0 Å². The van der Waals surface area contributed by atoms with Crippen molar-refractivity contribution in [3.63, 3.8) is 0 Å². The first-order chi connectivity index (χ1) is 6.52. The largest absolute Gasteiger partial charge is 0.326 e. The average Bonchev–Trinajstić information content (AvgIpc) is 2.87. The zero-order chi connectivity index (χ0) is 10.2. The van der Waals surface area contributed by atoms with Gasteiger partial charge in [-0.25, -0.2) is 0 Å². The lowest BCUT2D eigenvalue weighted by Crippen LogP contribution is -2.37. The van der Waals surface area contributed by atoms with Gasteiger partial charge in [-0.1, -0.05) is 0 Å². The molecule has 0 aliphatic heterocycles. The summed E-state index contributed by atoms with van der Waals surface area (Å²) in [5.41, 5.74) is 6.66. The van der Waals surface area contributed by atoms with Gasteiger partial charge < -0.3 is 11.1 Å². The van der Waals surface area contributed by atoms with Gasteiger partial charge in [0.05, 0.1) is 0 Å². The van der Waals surface area contributed by atoms with Crippen molar-refractivity contribution in [2.24, 2.45) is 17.1 Å². The summed E-state index contributed by atoms with van der Waals surface area (Å²) < 4.78 is 0. The molecule has 0 unspecified atom stereocenters. The van der Waals surface area contributed by atoms with Crippen LogP contribution in [-0.2, 0) is 0 Å². The topological polar surface area (TPSA) is 38.0 Å². The van der Waals surface area contributed by atoms with Gasteiger partial charge in [-0.15, -0.1) is 0 Å². The Hall–Kier alpha value is -0.0800. The molecule has 2 heteroatoms. The van der Waals surface area contributed by atoms with Crippen LogP contribution in [0.4, 0.5) is 0 Å². The van der Waals surface area contributed by atoms with Crippen molar-refractivity contribution in [1.82, 2.24) is 5.32 Å². The minimum absolute atomic E-state index is 0.0106. The van der Waals surface area contributed by atoms with E-state index in [1.165, 1.54) is 32.2 Å². The first-order valence-corrected chi connectivity index (χ1v) is 6.02. The van der Waals surface area contributed by atoms with Crippen LogP contribution in [0.1, 0.15) is 46.0 Å². The quantitative estimate of drug-likeness (QED) is 0.637. The minimum Gasteiger partial charge on any atom is -0.326 e. The summed E-state index contributed by atoms with van der Waals surface area (Å²) >= 11 is 0. The lowest BCUT2D eigenvalue weighted by molar-refractivity contribution is 0.382. The molecule has 0 spiro atoms. The Morgan fingerprint density at radius 2 is 2.00 bits per heavy atom. The molecular formula is C12H24N2. The highest BCUT2D eigenvalue weighted by atomic mass is 14.9. The Labute approximate surface area is 87.6 Å². The highest BCUT2D eigenvalue weighted by molar-refractivity contribution is 5.05. The molecule has 0 atom stereocenters. The van der Waals surface area contributed by atoms with Gasteiger partial charge in [0.25, 0.3) is 0 Å². The van der Waals surface area contributed by atoms with E-state index in [2.05, 4.69) is 19.2 Å². The molecule has 2 aliphatic carbocycles. The van der Waals surface area contributed by atoms with Crippen LogP contribution >= 0.6 is 0 Å². The Morgan fingerprint density at radius 1 is 1.36 bits per heavy atom. The molecule has 0 heterocycles. The van der Waals surface area contributed by atoms with Crippen LogP contribution in [0.3, 0.4) is 0 Å². The normalized spacial score (nSPS) is 25.1. The second kappa shape index (κ2) is 3.49. The predicted molar refractivity (Wildman–Crippen MR) is 60.1 cm³/mol. The number of nitrogens with one attached hydrogen (secondary N) is 1. The van der Waals surface area contributed by atoms with Crippen molar-refractivity contribution in [3.8, 4) is 0 Å². The van der Waals surface area contributed by atoms with Crippen molar-refractivity contribution >= 4 is 0 Å². The summed E-state index contributed by atoms with van der Waals surface area (Å²) in [4.78, 5) is 0. The van der Waals surface area contributed by atoms with Crippen molar-refractivity contribution in [2.75, 3.05) is 13.1 Å². The average molecular weight is 196 g/mol. The van der Waals surface area contributed by atoms with Gasteiger partial charge in [-0.2, -0.15) is 0 Å². The highest BCUT2D eigenvalue weighted by Gasteiger charge is 2.53. The molecule has 0 amide bonds. The third-order valence-corrected chi connectivity index (χ3v) is 3.76. The Balaban J connectivity index is 1.59. The molecule has 2 aliphatic rings. The molecule has 0 radical (unpaired) electrons. The van der Waals surface area contributed by atoms with E-state index in [0.717, 1.165) is 24.3 Å². The zero-order valence-corrected chi connectivity index (χ0v) is 9.60. The van der Waals surface area contributed by atoms with E-state index in [1.54, 1.807) is 0 Å². The summed E-state index contributed by atoms with van der Waals surface area (Å²) in [5.74, 6) is 1.07. The van der Waals surface area contributed by atoms with Crippen LogP contribution in [-0.4, -0.2) is 18.6 Å². The molecule has 3 N–H and O–H groups in total. The summed E-state index contributed by atoms with van der Waals surface area (Å²) in [6, 6.07) is 0. The number of hydrogen-bond donors (Lipinski definition) is 2. The fourth-order valence-electron chi connectivity index (χ4n) is 2.33. The zero-order valence-electron chi connectivity index (χ0n) is 9.60. The van der Waals surface area contributed by atoms with E-state index in [0.29, 0.717) is 0 Å². The first kappa shape index (κ1) is 10.4. The molecule has 2 fully saturated rings. The van der Waals surface area contributed by atoms with Gasteiger partial charge in [-0.3, -0.25) is 0 Å². The lowest BCUT2D eigenvalue weighted by Gasteiger charge is -2.20. The maximum atomic E-state index is 5.93. The molecule has 2 saturated carbocycles. The van der Waals surface area contributed by atoms with E-state index in [4.69, 9.17) is 5.73 Å². The van der Waals surface area contributed by atoms with Gasteiger partial charge in [0.2, 0.25) is 0 Å². The minimum atomic E-state index is -0.0106. The fourth-order valence-corrected chi connectivity index (χ4v) is 2.33. The molecule has 14 heavy (non-hydrogen) atoms. The summed E-state index contributed by atoms with van der Waals surface area (Å²) in [7, 11) is 0. The monoisotopic (exact) mass is 196 g/mol. The van der Waals surface area contributed by atoms with Crippen molar-refractivity contribution in [2.45, 2.75) is 51.5 Å². The summed E-state index contributed by atoms with van der Waals surface area (Å²) in [6.45, 7) is 6.52. The first-order valence-electron chi connectivity index (χ1n) is 6.02. The Morgan fingerprint density at radius 3 is 2.43 bits per heavy atom. The van der Waals surface area contributed by atoms with E-state index in [-0.39, 0.29) is 5.54 Å². The van der Waals surface area contributed by atoms with Crippen LogP contribution < -0.4 is 11.1 Å². The van der Waals surface area contributed by atoms with Crippen molar-refractivity contribution in [1.29, 1.82) is 0 Å². The van der Waals surface area contributed by atoms with Gasteiger partial charge in [0.15, 0.2) is 0 Å². The second-order valence-electron chi connectivity index (χ2n) is 6.05. The van der Waals surface area contributed by atoms with Crippen molar-refractivity contribution < 1.29 is 0 Å². The number of rotatable bonds is 6.